The highest BCUT2D eigenvalue weighted by Crippen LogP contribution is 2.39. The van der Waals surface area contributed by atoms with E-state index in [1.165, 1.54) is 0 Å². The molecular weight excluding hydrogens is 311 g/mol. The van der Waals surface area contributed by atoms with E-state index in [9.17, 15) is 22.0 Å². The minimum absolute atomic E-state index is 0.156. The lowest BCUT2D eigenvalue weighted by atomic mass is 9.86. The Hall–Kier alpha value is -2.13. The Labute approximate surface area is 122 Å². The van der Waals surface area contributed by atoms with Gasteiger partial charge >= 0.3 is 6.18 Å². The first-order valence-electron chi connectivity index (χ1n) is 6.14. The van der Waals surface area contributed by atoms with Crippen LogP contribution < -0.4 is 11.1 Å². The number of hydrogen-bond acceptors (Lipinski definition) is 4. The van der Waals surface area contributed by atoms with Gasteiger partial charge in [0.2, 0.25) is 6.10 Å². The predicted molar refractivity (Wildman–Crippen MR) is 68.3 cm³/mol. The third-order valence-corrected chi connectivity index (χ3v) is 3.31. The smallest absolute Gasteiger partial charge is 0.428 e. The van der Waals surface area contributed by atoms with Crippen LogP contribution in [0.4, 0.5) is 27.8 Å². The Morgan fingerprint density at radius 1 is 1.41 bits per heavy atom. The summed E-state index contributed by atoms with van der Waals surface area (Å²) in [4.78, 5) is 7.08. The molecule has 122 valence electrons. The summed E-state index contributed by atoms with van der Waals surface area (Å²) in [7, 11) is 1.15. The molecule has 1 aromatic rings. The minimum atomic E-state index is -5.00. The number of aliphatic imine (C=N–C) groups is 1. The monoisotopic (exact) mass is 324 g/mol. The Bertz CT molecular complexity index is 606. The number of nitrogens with two attached hydrogens (primary N) is 1. The highest BCUT2D eigenvalue weighted by molar-refractivity contribution is 5.76. The summed E-state index contributed by atoms with van der Waals surface area (Å²) in [5.74, 6) is -1.15. The zero-order valence-corrected chi connectivity index (χ0v) is 11.6. The third-order valence-electron chi connectivity index (χ3n) is 3.31. The maximum atomic E-state index is 14.5. The zero-order chi connectivity index (χ0) is 16.7. The van der Waals surface area contributed by atoms with Gasteiger partial charge in [0.1, 0.15) is 22.9 Å². The first-order chi connectivity index (χ1) is 10.1. The molecule has 3 N–H and O–H groups in total. The molecule has 2 rings (SSSR count). The van der Waals surface area contributed by atoms with Gasteiger partial charge in [0.15, 0.2) is 6.17 Å². The Kier molecular flexibility index (Phi) is 3.88. The summed E-state index contributed by atoms with van der Waals surface area (Å²) in [6.45, 7) is 1.04. The van der Waals surface area contributed by atoms with Crippen molar-refractivity contribution in [2.75, 3.05) is 12.8 Å². The van der Waals surface area contributed by atoms with Crippen LogP contribution in [-0.2, 0) is 10.3 Å². The van der Waals surface area contributed by atoms with E-state index < -0.39 is 41.5 Å². The van der Waals surface area contributed by atoms with E-state index in [0.29, 0.717) is 0 Å². The summed E-state index contributed by atoms with van der Waals surface area (Å²) in [5.41, 5.74) is 2.68. The first kappa shape index (κ1) is 16.2. The van der Waals surface area contributed by atoms with Crippen molar-refractivity contribution in [3.05, 3.63) is 23.6 Å². The number of pyridine rings is 1. The largest absolute Gasteiger partial charge is 0.449 e. The van der Waals surface area contributed by atoms with Gasteiger partial charge in [-0.1, -0.05) is 0 Å². The van der Waals surface area contributed by atoms with E-state index in [1.807, 2.05) is 0 Å². The molecule has 3 atom stereocenters. The van der Waals surface area contributed by atoms with Gasteiger partial charge in [-0.3, -0.25) is 0 Å². The van der Waals surface area contributed by atoms with Gasteiger partial charge in [0, 0.05) is 7.05 Å². The van der Waals surface area contributed by atoms with Crippen LogP contribution in [0.5, 0.6) is 0 Å². The third kappa shape index (κ3) is 2.64. The quantitative estimate of drug-likeness (QED) is 0.774. The average molecular weight is 324 g/mol. The van der Waals surface area contributed by atoms with Crippen molar-refractivity contribution in [1.82, 2.24) is 10.3 Å². The highest BCUT2D eigenvalue weighted by atomic mass is 19.4. The van der Waals surface area contributed by atoms with Gasteiger partial charge in [-0.2, -0.15) is 13.2 Å². The van der Waals surface area contributed by atoms with Crippen molar-refractivity contribution in [3.63, 3.8) is 0 Å². The number of rotatable bonds is 1. The summed E-state index contributed by atoms with van der Waals surface area (Å²) < 4.78 is 71.7. The normalized spacial score (nSPS) is 30.8. The second-order valence-electron chi connectivity index (χ2n) is 4.90. The summed E-state index contributed by atoms with van der Waals surface area (Å²) in [6, 6.07) is 1.45. The number of ether oxygens (including phenoxy) is 1. The molecule has 0 aromatic carbocycles. The van der Waals surface area contributed by atoms with E-state index in [-0.39, 0.29) is 5.82 Å². The van der Waals surface area contributed by atoms with Crippen LogP contribution in [0.3, 0.4) is 0 Å². The van der Waals surface area contributed by atoms with Crippen molar-refractivity contribution >= 4 is 11.8 Å². The molecular formula is C12H13F5N4O. The fourth-order valence-electron chi connectivity index (χ4n) is 2.16. The van der Waals surface area contributed by atoms with Gasteiger partial charge in [0.25, 0.3) is 6.02 Å². The number of halogens is 5. The second-order valence-corrected chi connectivity index (χ2v) is 4.90. The molecule has 0 unspecified atom stereocenters. The number of nitrogens with one attached hydrogen (secondary N) is 1. The van der Waals surface area contributed by atoms with Gasteiger partial charge < -0.3 is 15.8 Å². The Balaban J connectivity index is 2.57. The van der Waals surface area contributed by atoms with Crippen LogP contribution in [0, 0.1) is 5.82 Å². The van der Waals surface area contributed by atoms with E-state index in [1.54, 1.807) is 0 Å². The molecule has 1 aromatic heterocycles. The lowest BCUT2D eigenvalue weighted by molar-refractivity contribution is -0.232. The van der Waals surface area contributed by atoms with Crippen LogP contribution in [0.15, 0.2) is 17.1 Å². The molecule has 0 spiro atoms. The van der Waals surface area contributed by atoms with Crippen molar-refractivity contribution in [2.24, 2.45) is 4.99 Å². The topological polar surface area (TPSA) is 72.5 Å². The molecule has 0 aliphatic carbocycles. The molecule has 0 saturated carbocycles. The molecule has 22 heavy (non-hydrogen) atoms. The maximum absolute atomic E-state index is 14.5. The lowest BCUT2D eigenvalue weighted by Gasteiger charge is -2.43. The molecule has 1 fully saturated rings. The van der Waals surface area contributed by atoms with E-state index in [2.05, 4.69) is 20.0 Å². The Morgan fingerprint density at radius 3 is 2.59 bits per heavy atom. The highest BCUT2D eigenvalue weighted by Gasteiger charge is 2.59. The number of aromatic nitrogens is 1. The Morgan fingerprint density at radius 2 is 2.05 bits per heavy atom. The van der Waals surface area contributed by atoms with Crippen molar-refractivity contribution in [3.8, 4) is 0 Å². The molecule has 0 amide bonds. The van der Waals surface area contributed by atoms with Crippen LogP contribution in [0.1, 0.15) is 12.6 Å². The van der Waals surface area contributed by atoms with Crippen LogP contribution in [-0.4, -0.2) is 36.5 Å². The van der Waals surface area contributed by atoms with Crippen LogP contribution >= 0.6 is 0 Å². The molecule has 0 bridgehead atoms. The predicted octanol–water partition coefficient (Wildman–Crippen LogP) is 1.89. The number of anilines is 1. The van der Waals surface area contributed by atoms with Crippen molar-refractivity contribution in [1.29, 1.82) is 0 Å². The van der Waals surface area contributed by atoms with Gasteiger partial charge in [-0.15, -0.1) is 0 Å². The molecule has 1 aliphatic rings. The number of nitrogen functional groups attached to an aromatic ring is 1. The average Bonchev–Trinajstić information content (AvgIpc) is 2.43. The minimum Gasteiger partial charge on any atom is -0.449 e. The number of amidine groups is 1. The summed E-state index contributed by atoms with van der Waals surface area (Å²) >= 11 is 0. The van der Waals surface area contributed by atoms with Crippen LogP contribution in [0.2, 0.25) is 0 Å². The molecule has 1 aliphatic heterocycles. The lowest BCUT2D eigenvalue weighted by Crippen LogP contribution is -2.64. The molecule has 5 nitrogen and oxygen atoms in total. The molecule has 0 radical (unpaired) electrons. The van der Waals surface area contributed by atoms with E-state index >= 15 is 0 Å². The van der Waals surface area contributed by atoms with E-state index in [0.717, 1.165) is 26.1 Å². The van der Waals surface area contributed by atoms with Crippen LogP contribution in [0.25, 0.3) is 0 Å². The number of alkyl halides is 4. The molecule has 2 heterocycles. The van der Waals surface area contributed by atoms with Gasteiger partial charge in [0.05, 0.1) is 0 Å². The number of nitrogens with zero attached hydrogens (tertiary/aromatic N) is 2. The van der Waals surface area contributed by atoms with E-state index in [4.69, 9.17) is 5.73 Å². The second kappa shape index (κ2) is 5.25. The molecule has 10 heteroatoms. The fraction of sp³-hybridized carbons (Fsp3) is 0.500. The number of hydrogen-bond donors (Lipinski definition) is 2. The SMILES string of the molecule is CN=C1N[C@](C)(c2nc(N)ccc2F)[C@@H](F)[C@@H](C(F)(F)F)O1. The summed E-state index contributed by atoms with van der Waals surface area (Å²) in [6.07, 6.45) is -10.5. The van der Waals surface area contributed by atoms with Gasteiger partial charge in [-0.25, -0.2) is 18.8 Å². The van der Waals surface area contributed by atoms with Crippen molar-refractivity contribution in [2.45, 2.75) is 30.9 Å². The fourth-order valence-corrected chi connectivity index (χ4v) is 2.16. The molecule has 1 saturated heterocycles. The van der Waals surface area contributed by atoms with Gasteiger partial charge in [-0.05, 0) is 19.1 Å². The standard InChI is InChI=1S/C12H13F5N4O/c1-11(8-5(13)3-4-6(18)20-8)7(14)9(12(15,16)17)22-10(19-2)21-11/h3-4,7,9H,1-2H3,(H2,18,20)(H,19,21)/t7-,9-,11-/m0/s1. The maximum Gasteiger partial charge on any atom is 0.428 e. The van der Waals surface area contributed by atoms with Crippen molar-refractivity contribution < 1.29 is 26.7 Å². The summed E-state index contributed by atoms with van der Waals surface area (Å²) in [5, 5.41) is 2.31. The first-order valence-corrected chi connectivity index (χ1v) is 6.14. The zero-order valence-electron chi connectivity index (χ0n) is 11.6.